The van der Waals surface area contributed by atoms with Crippen LogP contribution in [-0.2, 0) is 15.0 Å². The summed E-state index contributed by atoms with van der Waals surface area (Å²) in [6.07, 6.45) is -0.378. The first-order valence-corrected chi connectivity index (χ1v) is 14.8. The molecule has 2 aromatic carbocycles. The SMILES string of the molecule is CC(C)(C)C[C@H]1N[C@@H](C(=O)NCCCN2C[C@H](O)[C@@H](O)C2)[C@H](c2cccc(Cl)c2)[C@@]12C(=O)Nc1cc(Cl)c(F)cc12. The fourth-order valence-electron chi connectivity index (χ4n) is 6.79. The van der Waals surface area contributed by atoms with Crippen molar-refractivity contribution in [3.63, 3.8) is 0 Å². The minimum Gasteiger partial charge on any atom is -0.389 e. The van der Waals surface area contributed by atoms with Crippen LogP contribution in [0.1, 0.15) is 50.7 Å². The lowest BCUT2D eigenvalue weighted by Gasteiger charge is -2.37. The van der Waals surface area contributed by atoms with Gasteiger partial charge in [0.1, 0.15) is 11.2 Å². The van der Waals surface area contributed by atoms with E-state index in [0.717, 1.165) is 0 Å². The zero-order valence-corrected chi connectivity index (χ0v) is 24.9. The number of rotatable bonds is 7. The number of amides is 2. The van der Waals surface area contributed by atoms with E-state index in [0.29, 0.717) is 60.9 Å². The Morgan fingerprint density at radius 3 is 2.54 bits per heavy atom. The van der Waals surface area contributed by atoms with Gasteiger partial charge < -0.3 is 26.2 Å². The molecule has 3 heterocycles. The molecule has 0 radical (unpaired) electrons. The smallest absolute Gasteiger partial charge is 0.237 e. The van der Waals surface area contributed by atoms with Crippen molar-refractivity contribution in [2.24, 2.45) is 5.41 Å². The van der Waals surface area contributed by atoms with Crippen LogP contribution in [0.2, 0.25) is 10.0 Å². The van der Waals surface area contributed by atoms with Crippen LogP contribution in [0.25, 0.3) is 0 Å². The second-order valence-electron chi connectivity index (χ2n) is 12.7. The van der Waals surface area contributed by atoms with Gasteiger partial charge in [0.25, 0.3) is 0 Å². The van der Waals surface area contributed by atoms with Crippen molar-refractivity contribution in [2.75, 3.05) is 31.5 Å². The lowest BCUT2D eigenvalue weighted by molar-refractivity contribution is -0.123. The Balaban J connectivity index is 1.51. The van der Waals surface area contributed by atoms with Gasteiger partial charge in [0, 0.05) is 48.8 Å². The topological polar surface area (TPSA) is 114 Å². The Bertz CT molecular complexity index is 1330. The fraction of sp³-hybridized carbons (Fsp3) is 0.533. The van der Waals surface area contributed by atoms with E-state index in [-0.39, 0.29) is 22.3 Å². The first-order chi connectivity index (χ1) is 19.3. The second kappa shape index (κ2) is 11.4. The Hall–Kier alpha value is -2.27. The number of fused-ring (bicyclic) bond motifs is 2. The number of nitrogens with one attached hydrogen (secondary N) is 3. The number of aliphatic hydroxyl groups excluding tert-OH is 2. The largest absolute Gasteiger partial charge is 0.389 e. The number of benzene rings is 2. The summed E-state index contributed by atoms with van der Waals surface area (Å²) in [5.74, 6) is -1.92. The Kier molecular flexibility index (Phi) is 8.42. The molecule has 6 atom stereocenters. The Morgan fingerprint density at radius 1 is 1.17 bits per heavy atom. The van der Waals surface area contributed by atoms with Crippen molar-refractivity contribution in [1.82, 2.24) is 15.5 Å². The van der Waals surface area contributed by atoms with E-state index in [2.05, 4.69) is 36.7 Å². The molecule has 2 aromatic rings. The Morgan fingerprint density at radius 2 is 1.88 bits per heavy atom. The number of halogens is 3. The molecular weight excluding hydrogens is 570 g/mol. The van der Waals surface area contributed by atoms with Crippen LogP contribution >= 0.6 is 23.2 Å². The van der Waals surface area contributed by atoms with Crippen molar-refractivity contribution in [1.29, 1.82) is 0 Å². The molecule has 1 spiro atoms. The third-order valence-corrected chi connectivity index (χ3v) is 9.00. The zero-order valence-electron chi connectivity index (χ0n) is 23.4. The molecule has 11 heteroatoms. The lowest BCUT2D eigenvalue weighted by atomic mass is 9.62. The van der Waals surface area contributed by atoms with Crippen molar-refractivity contribution in [3.05, 3.63) is 63.4 Å². The maximum atomic E-state index is 15.0. The summed E-state index contributed by atoms with van der Waals surface area (Å²) in [6, 6.07) is 8.56. The average Bonchev–Trinajstić information content (AvgIpc) is 3.48. The molecule has 0 saturated carbocycles. The number of nitrogens with zero attached hydrogens (tertiary/aromatic N) is 1. The molecule has 0 bridgehead atoms. The molecule has 0 aliphatic carbocycles. The molecule has 5 rings (SSSR count). The number of hydrogen-bond donors (Lipinski definition) is 5. The number of carbonyl (C=O) groups excluding carboxylic acids is 2. The first kappa shape index (κ1) is 30.2. The van der Waals surface area contributed by atoms with E-state index in [4.69, 9.17) is 23.2 Å². The maximum Gasteiger partial charge on any atom is 0.237 e. The number of β-amino-alcohol motifs (C(OH)–C–C–N with tert-alkyl or cyclic N) is 2. The molecule has 0 aromatic heterocycles. The first-order valence-electron chi connectivity index (χ1n) is 14.0. The van der Waals surface area contributed by atoms with Gasteiger partial charge in [0.15, 0.2) is 0 Å². The van der Waals surface area contributed by atoms with E-state index < -0.39 is 41.4 Å². The number of hydrogen-bond acceptors (Lipinski definition) is 6. The summed E-state index contributed by atoms with van der Waals surface area (Å²) in [6.45, 7) is 7.94. The molecule has 2 fully saturated rings. The monoisotopic (exact) mass is 606 g/mol. The van der Waals surface area contributed by atoms with Gasteiger partial charge in [-0.3, -0.25) is 14.5 Å². The van der Waals surface area contributed by atoms with Gasteiger partial charge in [-0.25, -0.2) is 4.39 Å². The molecule has 3 aliphatic heterocycles. The van der Waals surface area contributed by atoms with Gasteiger partial charge in [-0.2, -0.15) is 0 Å². The van der Waals surface area contributed by atoms with Crippen LogP contribution in [0.4, 0.5) is 10.1 Å². The van der Waals surface area contributed by atoms with Crippen molar-refractivity contribution < 1.29 is 24.2 Å². The van der Waals surface area contributed by atoms with Gasteiger partial charge in [0.05, 0.1) is 23.3 Å². The highest BCUT2D eigenvalue weighted by molar-refractivity contribution is 6.31. The highest BCUT2D eigenvalue weighted by atomic mass is 35.5. The number of aliphatic hydroxyl groups is 2. The number of carbonyl (C=O) groups is 2. The summed E-state index contributed by atoms with van der Waals surface area (Å²) in [5.41, 5.74) is 0.0683. The molecule has 8 nitrogen and oxygen atoms in total. The molecule has 222 valence electrons. The summed E-state index contributed by atoms with van der Waals surface area (Å²) < 4.78 is 15.0. The van der Waals surface area contributed by atoms with Crippen LogP contribution in [0.5, 0.6) is 0 Å². The van der Waals surface area contributed by atoms with E-state index in [9.17, 15) is 19.8 Å². The van der Waals surface area contributed by atoms with Crippen LogP contribution in [0.3, 0.4) is 0 Å². The van der Waals surface area contributed by atoms with Gasteiger partial charge >= 0.3 is 0 Å². The highest BCUT2D eigenvalue weighted by Gasteiger charge is 2.65. The predicted molar refractivity (Wildman–Crippen MR) is 157 cm³/mol. The van der Waals surface area contributed by atoms with Crippen molar-refractivity contribution in [3.8, 4) is 0 Å². The average molecular weight is 608 g/mol. The molecule has 0 unspecified atom stereocenters. The summed E-state index contributed by atoms with van der Waals surface area (Å²) in [4.78, 5) is 30.0. The summed E-state index contributed by atoms with van der Waals surface area (Å²) in [7, 11) is 0. The number of anilines is 1. The standard InChI is InChI=1S/C30H37Cl2FN4O4/c1-29(2,3)13-24-30(18-11-20(33)19(32)12-21(18)35-28(30)41)25(16-6-4-7-17(31)10-16)26(36-24)27(40)34-8-5-9-37-14-22(38)23(39)15-37/h4,6-7,10-12,22-26,36,38-39H,5,8-9,13-15H2,1-3H3,(H,34,40)(H,35,41)/t22-,23-,24+,25-,26+,30-/m0/s1. The fourth-order valence-corrected chi connectivity index (χ4v) is 7.15. The van der Waals surface area contributed by atoms with Crippen LogP contribution in [0.15, 0.2) is 36.4 Å². The summed E-state index contributed by atoms with van der Waals surface area (Å²) in [5, 5.41) is 29.4. The quantitative estimate of drug-likeness (QED) is 0.309. The van der Waals surface area contributed by atoms with E-state index in [1.165, 1.54) is 12.1 Å². The molecule has 41 heavy (non-hydrogen) atoms. The third-order valence-electron chi connectivity index (χ3n) is 8.48. The molecule has 2 amide bonds. The molecule has 3 aliphatic rings. The summed E-state index contributed by atoms with van der Waals surface area (Å²) >= 11 is 12.5. The molecule has 5 N–H and O–H groups in total. The maximum absolute atomic E-state index is 15.0. The van der Waals surface area contributed by atoms with Crippen LogP contribution < -0.4 is 16.0 Å². The van der Waals surface area contributed by atoms with Crippen molar-refractivity contribution in [2.45, 2.75) is 69.2 Å². The number of likely N-dealkylation sites (tertiary alicyclic amines) is 1. The molecular formula is C30H37Cl2FN4O4. The minimum atomic E-state index is -1.30. The minimum absolute atomic E-state index is 0.0916. The van der Waals surface area contributed by atoms with E-state index in [1.807, 2.05) is 11.0 Å². The Labute approximate surface area is 249 Å². The lowest BCUT2D eigenvalue weighted by Crippen LogP contribution is -2.49. The van der Waals surface area contributed by atoms with Crippen LogP contribution in [-0.4, -0.2) is 77.4 Å². The van der Waals surface area contributed by atoms with Gasteiger partial charge in [-0.15, -0.1) is 0 Å². The predicted octanol–water partition coefficient (Wildman–Crippen LogP) is 3.43. The highest BCUT2D eigenvalue weighted by Crippen LogP contribution is 2.57. The normalized spacial score (nSPS) is 29.7. The van der Waals surface area contributed by atoms with Gasteiger partial charge in [0.2, 0.25) is 11.8 Å². The van der Waals surface area contributed by atoms with Crippen LogP contribution in [0, 0.1) is 11.2 Å². The zero-order chi connectivity index (χ0) is 29.7. The van der Waals surface area contributed by atoms with Crippen molar-refractivity contribution >= 4 is 40.7 Å². The van der Waals surface area contributed by atoms with Gasteiger partial charge in [-0.05, 0) is 53.6 Å². The van der Waals surface area contributed by atoms with E-state index in [1.54, 1.807) is 18.2 Å². The second-order valence-corrected chi connectivity index (χ2v) is 13.5. The van der Waals surface area contributed by atoms with E-state index >= 15 is 4.39 Å². The van der Waals surface area contributed by atoms with Gasteiger partial charge in [-0.1, -0.05) is 56.1 Å². The third kappa shape index (κ3) is 5.72. The molecule has 2 saturated heterocycles.